The second kappa shape index (κ2) is 9.12. The van der Waals surface area contributed by atoms with Gasteiger partial charge in [0, 0.05) is 49.7 Å². The monoisotopic (exact) mass is 451 g/mol. The number of amides is 1. The molecule has 3 heterocycles. The third-order valence-electron chi connectivity index (χ3n) is 5.11. The van der Waals surface area contributed by atoms with Crippen LogP contribution in [0.5, 0.6) is 0 Å². The fourth-order valence-electron chi connectivity index (χ4n) is 3.49. The molecule has 0 radical (unpaired) electrons. The molecule has 1 fully saturated rings. The van der Waals surface area contributed by atoms with Gasteiger partial charge in [0.25, 0.3) is 5.91 Å². The SMILES string of the molecule is C/C=C/C(F)(F)c1nc(-c2cccc(C(=O)N3CCN(c4nccnc4C#N)CC3)c2)no1. The normalized spacial score (nSPS) is 14.5. The number of allylic oxidation sites excluding steroid dienone is 2. The van der Waals surface area contributed by atoms with Crippen LogP contribution in [0.25, 0.3) is 11.4 Å². The molecule has 0 spiro atoms. The molecular weight excluding hydrogens is 432 g/mol. The maximum atomic E-state index is 14.0. The lowest BCUT2D eigenvalue weighted by Gasteiger charge is -2.35. The van der Waals surface area contributed by atoms with Crippen molar-refractivity contribution in [3.05, 3.63) is 66.0 Å². The summed E-state index contributed by atoms with van der Waals surface area (Å²) in [5.41, 5.74) is 1.01. The number of alkyl halides is 2. The van der Waals surface area contributed by atoms with E-state index in [1.165, 1.54) is 25.4 Å². The van der Waals surface area contributed by atoms with Crippen molar-refractivity contribution in [3.63, 3.8) is 0 Å². The number of aromatic nitrogens is 4. The van der Waals surface area contributed by atoms with Crippen LogP contribution in [0, 0.1) is 11.3 Å². The van der Waals surface area contributed by atoms with Crippen LogP contribution in [0.2, 0.25) is 0 Å². The number of piperazine rings is 1. The highest BCUT2D eigenvalue weighted by atomic mass is 19.3. The van der Waals surface area contributed by atoms with Gasteiger partial charge in [-0.3, -0.25) is 4.79 Å². The molecule has 0 unspecified atom stereocenters. The Hall–Kier alpha value is -4.20. The zero-order chi connectivity index (χ0) is 23.4. The lowest BCUT2D eigenvalue weighted by molar-refractivity contribution is 0.0158. The highest BCUT2D eigenvalue weighted by molar-refractivity contribution is 5.95. The van der Waals surface area contributed by atoms with Gasteiger partial charge in [0.1, 0.15) is 6.07 Å². The number of carbonyl (C=O) groups excluding carboxylic acids is 1. The molecule has 1 saturated heterocycles. The van der Waals surface area contributed by atoms with Gasteiger partial charge in [-0.2, -0.15) is 19.0 Å². The van der Waals surface area contributed by atoms with E-state index in [0.717, 1.165) is 0 Å². The lowest BCUT2D eigenvalue weighted by atomic mass is 10.1. The number of benzene rings is 1. The molecule has 1 amide bonds. The van der Waals surface area contributed by atoms with E-state index < -0.39 is 11.8 Å². The number of rotatable bonds is 5. The van der Waals surface area contributed by atoms with Gasteiger partial charge in [0.05, 0.1) is 0 Å². The Morgan fingerprint density at radius 3 is 2.70 bits per heavy atom. The number of anilines is 1. The molecular formula is C22H19F2N7O2. The first-order valence-electron chi connectivity index (χ1n) is 10.1. The number of hydrogen-bond donors (Lipinski definition) is 0. The Kier molecular flexibility index (Phi) is 6.08. The summed E-state index contributed by atoms with van der Waals surface area (Å²) in [6.07, 6.45) is 4.86. The predicted molar refractivity (Wildman–Crippen MR) is 113 cm³/mol. The van der Waals surface area contributed by atoms with E-state index in [2.05, 4.69) is 20.1 Å². The average molecular weight is 451 g/mol. The molecule has 1 aromatic carbocycles. The summed E-state index contributed by atoms with van der Waals surface area (Å²) in [6.45, 7) is 3.30. The van der Waals surface area contributed by atoms with E-state index in [1.807, 2.05) is 11.0 Å². The first-order chi connectivity index (χ1) is 15.9. The highest BCUT2D eigenvalue weighted by Gasteiger charge is 2.35. The van der Waals surface area contributed by atoms with Crippen LogP contribution < -0.4 is 4.90 Å². The van der Waals surface area contributed by atoms with Crippen molar-refractivity contribution in [1.82, 2.24) is 25.0 Å². The molecule has 0 aliphatic carbocycles. The van der Waals surface area contributed by atoms with Gasteiger partial charge < -0.3 is 14.3 Å². The van der Waals surface area contributed by atoms with Crippen molar-refractivity contribution >= 4 is 11.7 Å². The van der Waals surface area contributed by atoms with E-state index in [4.69, 9.17) is 4.52 Å². The van der Waals surface area contributed by atoms with Crippen molar-refractivity contribution in [2.24, 2.45) is 0 Å². The van der Waals surface area contributed by atoms with Crippen LogP contribution in [-0.4, -0.2) is 57.1 Å². The summed E-state index contributed by atoms with van der Waals surface area (Å²) < 4.78 is 32.7. The van der Waals surface area contributed by atoms with Gasteiger partial charge in [-0.15, -0.1) is 0 Å². The number of carbonyl (C=O) groups is 1. The highest BCUT2D eigenvalue weighted by Crippen LogP contribution is 2.30. The molecule has 0 atom stereocenters. The molecule has 1 aliphatic heterocycles. The van der Waals surface area contributed by atoms with Gasteiger partial charge >= 0.3 is 11.8 Å². The number of hydrogen-bond acceptors (Lipinski definition) is 8. The molecule has 0 saturated carbocycles. The maximum absolute atomic E-state index is 14.0. The predicted octanol–water partition coefficient (Wildman–Crippen LogP) is 3.03. The second-order valence-electron chi connectivity index (χ2n) is 7.25. The van der Waals surface area contributed by atoms with E-state index in [1.54, 1.807) is 29.2 Å². The third-order valence-corrected chi connectivity index (χ3v) is 5.11. The summed E-state index contributed by atoms with van der Waals surface area (Å²) in [7, 11) is 0. The van der Waals surface area contributed by atoms with Gasteiger partial charge in [0.15, 0.2) is 11.5 Å². The molecule has 168 valence electrons. The summed E-state index contributed by atoms with van der Waals surface area (Å²) in [5, 5.41) is 12.9. The minimum Gasteiger partial charge on any atom is -0.351 e. The topological polar surface area (TPSA) is 112 Å². The minimum atomic E-state index is -3.37. The van der Waals surface area contributed by atoms with Crippen LogP contribution in [0.4, 0.5) is 14.6 Å². The molecule has 33 heavy (non-hydrogen) atoms. The van der Waals surface area contributed by atoms with Gasteiger partial charge in [-0.05, 0) is 25.1 Å². The van der Waals surface area contributed by atoms with Gasteiger partial charge in [-0.1, -0.05) is 23.4 Å². The third kappa shape index (κ3) is 4.55. The van der Waals surface area contributed by atoms with Crippen LogP contribution in [0.1, 0.15) is 28.9 Å². The smallest absolute Gasteiger partial charge is 0.343 e. The number of nitrogens with zero attached hydrogens (tertiary/aromatic N) is 7. The van der Waals surface area contributed by atoms with Crippen molar-refractivity contribution in [2.45, 2.75) is 12.8 Å². The van der Waals surface area contributed by atoms with Crippen LogP contribution in [0.15, 0.2) is 53.3 Å². The average Bonchev–Trinajstić information content (AvgIpc) is 3.35. The number of nitriles is 1. The second-order valence-corrected chi connectivity index (χ2v) is 7.25. The van der Waals surface area contributed by atoms with Crippen LogP contribution in [-0.2, 0) is 5.92 Å². The Morgan fingerprint density at radius 2 is 1.97 bits per heavy atom. The zero-order valence-electron chi connectivity index (χ0n) is 17.7. The van der Waals surface area contributed by atoms with E-state index in [9.17, 15) is 18.8 Å². The molecule has 9 nitrogen and oxygen atoms in total. The molecule has 1 aliphatic rings. The van der Waals surface area contributed by atoms with Crippen molar-refractivity contribution < 1.29 is 18.1 Å². The Bertz CT molecular complexity index is 1230. The van der Waals surface area contributed by atoms with Crippen LogP contribution >= 0.6 is 0 Å². The Balaban J connectivity index is 1.47. The summed E-state index contributed by atoms with van der Waals surface area (Å²) in [4.78, 5) is 28.7. The van der Waals surface area contributed by atoms with Crippen LogP contribution in [0.3, 0.4) is 0 Å². The van der Waals surface area contributed by atoms with Gasteiger partial charge in [-0.25, -0.2) is 9.97 Å². The standard InChI is InChI=1S/C22H19F2N7O2/c1-2-6-22(23,24)21-28-18(29-33-21)15-4-3-5-16(13-15)20(32)31-11-9-30(10-12-31)19-17(14-25)26-7-8-27-19/h2-8,13H,9-12H2,1H3/b6-2+. The molecule has 0 N–H and O–H groups in total. The zero-order valence-corrected chi connectivity index (χ0v) is 17.7. The van der Waals surface area contributed by atoms with Crippen molar-refractivity contribution in [3.8, 4) is 17.5 Å². The Morgan fingerprint density at radius 1 is 1.21 bits per heavy atom. The fourth-order valence-corrected chi connectivity index (χ4v) is 3.49. The van der Waals surface area contributed by atoms with E-state index in [0.29, 0.717) is 49.2 Å². The summed E-state index contributed by atoms with van der Waals surface area (Å²) in [6, 6.07) is 8.47. The summed E-state index contributed by atoms with van der Waals surface area (Å²) in [5.74, 6) is -3.93. The van der Waals surface area contributed by atoms with Crippen molar-refractivity contribution in [1.29, 1.82) is 5.26 Å². The van der Waals surface area contributed by atoms with Crippen molar-refractivity contribution in [2.75, 3.05) is 31.1 Å². The molecule has 3 aromatic rings. The molecule has 11 heteroatoms. The maximum Gasteiger partial charge on any atom is 0.343 e. The first kappa shape index (κ1) is 22.0. The fraction of sp³-hybridized carbons (Fsp3) is 0.273. The largest absolute Gasteiger partial charge is 0.351 e. The minimum absolute atomic E-state index is 0.0275. The Labute approximate surface area is 188 Å². The molecule has 4 rings (SSSR count). The van der Waals surface area contributed by atoms with Gasteiger partial charge in [0.2, 0.25) is 5.82 Å². The molecule has 0 bridgehead atoms. The lowest BCUT2D eigenvalue weighted by Crippen LogP contribution is -2.49. The quantitative estimate of drug-likeness (QED) is 0.544. The number of halogens is 2. The summed E-state index contributed by atoms with van der Waals surface area (Å²) >= 11 is 0. The van der Waals surface area contributed by atoms with E-state index in [-0.39, 0.29) is 17.4 Å². The van der Waals surface area contributed by atoms with E-state index >= 15 is 0 Å². The first-order valence-corrected chi connectivity index (χ1v) is 10.1. The molecule has 2 aromatic heterocycles.